The summed E-state index contributed by atoms with van der Waals surface area (Å²) in [6.07, 6.45) is 0. The normalized spacial score (nSPS) is 13.2. The molecule has 2 rings (SSSR count). The number of ether oxygens (including phenoxy) is 2. The number of methoxy groups -OCH3 is 1. The molecular weight excluding hydrogens is 372 g/mol. The molecule has 0 aromatic heterocycles. The molecule has 0 radical (unpaired) electrons. The number of rotatable bonds is 7. The lowest BCUT2D eigenvalue weighted by Crippen LogP contribution is -2.45. The third kappa shape index (κ3) is 4.80. The zero-order valence-electron chi connectivity index (χ0n) is 13.7. The van der Waals surface area contributed by atoms with Crippen molar-refractivity contribution in [3.63, 3.8) is 0 Å². The van der Waals surface area contributed by atoms with E-state index in [0.29, 0.717) is 24.7 Å². The topological polar surface area (TPSA) is 73.6 Å². The maximum absolute atomic E-state index is 12.5. The summed E-state index contributed by atoms with van der Waals surface area (Å²) >= 11 is 3.37. The third-order valence-electron chi connectivity index (χ3n) is 3.58. The van der Waals surface area contributed by atoms with Gasteiger partial charge in [0.15, 0.2) is 0 Å². The molecule has 24 heavy (non-hydrogen) atoms. The summed E-state index contributed by atoms with van der Waals surface area (Å²) in [4.78, 5) is 12.5. The number of nitrogens with one attached hydrogen (secondary N) is 1. The van der Waals surface area contributed by atoms with Gasteiger partial charge < -0.3 is 20.5 Å². The van der Waals surface area contributed by atoms with E-state index in [0.717, 1.165) is 10.0 Å². The first kappa shape index (κ1) is 18.4. The minimum Gasteiger partial charge on any atom is -0.491 e. The van der Waals surface area contributed by atoms with Crippen molar-refractivity contribution in [2.24, 2.45) is 5.73 Å². The van der Waals surface area contributed by atoms with E-state index in [9.17, 15) is 4.79 Å². The molecule has 0 aliphatic heterocycles. The van der Waals surface area contributed by atoms with Crippen LogP contribution in [-0.4, -0.2) is 26.2 Å². The number of carbonyl (C=O) groups is 1. The van der Waals surface area contributed by atoms with Gasteiger partial charge in [-0.3, -0.25) is 4.79 Å². The van der Waals surface area contributed by atoms with Crippen LogP contribution in [-0.2, 0) is 15.1 Å². The van der Waals surface area contributed by atoms with Crippen LogP contribution in [0.4, 0.5) is 5.69 Å². The number of benzene rings is 2. The molecule has 0 fully saturated rings. The molecule has 2 aromatic carbocycles. The Kier molecular flexibility index (Phi) is 6.36. The number of hydrogen-bond donors (Lipinski definition) is 2. The highest BCUT2D eigenvalue weighted by Crippen LogP contribution is 2.23. The maximum atomic E-state index is 12.5. The van der Waals surface area contributed by atoms with Crippen LogP contribution in [0, 0.1) is 0 Å². The Morgan fingerprint density at radius 2 is 1.75 bits per heavy atom. The zero-order chi connectivity index (χ0) is 17.6. The van der Waals surface area contributed by atoms with E-state index in [1.807, 2.05) is 24.3 Å². The van der Waals surface area contributed by atoms with Crippen molar-refractivity contribution in [3.8, 4) is 5.75 Å². The van der Waals surface area contributed by atoms with Crippen LogP contribution >= 0.6 is 15.9 Å². The Morgan fingerprint density at radius 1 is 1.12 bits per heavy atom. The fraction of sp³-hybridized carbons (Fsp3) is 0.278. The van der Waals surface area contributed by atoms with Crippen molar-refractivity contribution in [1.29, 1.82) is 0 Å². The van der Waals surface area contributed by atoms with Crippen LogP contribution in [0.15, 0.2) is 53.0 Å². The van der Waals surface area contributed by atoms with Gasteiger partial charge in [0.05, 0.1) is 6.61 Å². The second-order valence-electron chi connectivity index (χ2n) is 5.53. The first-order valence-corrected chi connectivity index (χ1v) is 8.31. The van der Waals surface area contributed by atoms with Gasteiger partial charge in [-0.1, -0.05) is 28.1 Å². The molecule has 0 heterocycles. The van der Waals surface area contributed by atoms with Crippen LogP contribution in [0.5, 0.6) is 5.75 Å². The van der Waals surface area contributed by atoms with Crippen LogP contribution in [0.2, 0.25) is 0 Å². The Balaban J connectivity index is 2.01. The molecule has 5 nitrogen and oxygen atoms in total. The largest absolute Gasteiger partial charge is 0.491 e. The van der Waals surface area contributed by atoms with E-state index in [2.05, 4.69) is 21.2 Å². The van der Waals surface area contributed by atoms with Crippen molar-refractivity contribution in [2.75, 3.05) is 25.6 Å². The van der Waals surface area contributed by atoms with E-state index in [1.54, 1.807) is 38.3 Å². The van der Waals surface area contributed by atoms with E-state index < -0.39 is 5.54 Å². The van der Waals surface area contributed by atoms with Gasteiger partial charge >= 0.3 is 0 Å². The standard InChI is InChI=1S/C18H21BrN2O3/c1-18(20,13-3-5-14(19)6-4-13)17(22)21-15-7-9-16(10-8-15)24-12-11-23-2/h3-10H,11-12,20H2,1-2H3,(H,21,22). The molecule has 0 saturated heterocycles. The average Bonchev–Trinajstić information content (AvgIpc) is 2.57. The van der Waals surface area contributed by atoms with Gasteiger partial charge in [0, 0.05) is 17.3 Å². The van der Waals surface area contributed by atoms with Crippen LogP contribution < -0.4 is 15.8 Å². The minimum atomic E-state index is -1.13. The fourth-order valence-corrected chi connectivity index (χ4v) is 2.33. The van der Waals surface area contributed by atoms with E-state index in [-0.39, 0.29) is 5.91 Å². The predicted molar refractivity (Wildman–Crippen MR) is 98.1 cm³/mol. The predicted octanol–water partition coefficient (Wildman–Crippen LogP) is 3.29. The van der Waals surface area contributed by atoms with Crippen LogP contribution in [0.25, 0.3) is 0 Å². The highest BCUT2D eigenvalue weighted by molar-refractivity contribution is 9.10. The highest BCUT2D eigenvalue weighted by Gasteiger charge is 2.30. The molecule has 1 amide bonds. The van der Waals surface area contributed by atoms with Crippen LogP contribution in [0.3, 0.4) is 0 Å². The summed E-state index contributed by atoms with van der Waals surface area (Å²) in [6.45, 7) is 2.69. The maximum Gasteiger partial charge on any atom is 0.248 e. The number of amides is 1. The van der Waals surface area contributed by atoms with Gasteiger partial charge in [-0.05, 0) is 48.9 Å². The average molecular weight is 393 g/mol. The summed E-state index contributed by atoms with van der Waals surface area (Å²) < 4.78 is 11.4. The number of anilines is 1. The Hall–Kier alpha value is -1.89. The summed E-state index contributed by atoms with van der Waals surface area (Å²) in [6, 6.07) is 14.5. The van der Waals surface area contributed by atoms with Crippen molar-refractivity contribution in [2.45, 2.75) is 12.5 Å². The molecule has 128 valence electrons. The third-order valence-corrected chi connectivity index (χ3v) is 4.11. The van der Waals surface area contributed by atoms with Gasteiger partial charge in [-0.15, -0.1) is 0 Å². The Bertz CT molecular complexity index is 670. The molecule has 0 aliphatic rings. The van der Waals surface area contributed by atoms with Crippen molar-refractivity contribution in [1.82, 2.24) is 0 Å². The van der Waals surface area contributed by atoms with Gasteiger partial charge in [-0.25, -0.2) is 0 Å². The second kappa shape index (κ2) is 8.28. The van der Waals surface area contributed by atoms with E-state index in [4.69, 9.17) is 15.2 Å². The Labute approximate surface area is 150 Å². The minimum absolute atomic E-state index is 0.280. The van der Waals surface area contributed by atoms with E-state index in [1.165, 1.54) is 0 Å². The molecule has 0 saturated carbocycles. The number of halogens is 1. The molecule has 0 spiro atoms. The lowest BCUT2D eigenvalue weighted by molar-refractivity contribution is -0.120. The second-order valence-corrected chi connectivity index (χ2v) is 6.44. The molecule has 1 atom stereocenters. The van der Waals surface area contributed by atoms with Gasteiger partial charge in [0.1, 0.15) is 17.9 Å². The molecule has 6 heteroatoms. The van der Waals surface area contributed by atoms with Crippen molar-refractivity contribution in [3.05, 3.63) is 58.6 Å². The zero-order valence-corrected chi connectivity index (χ0v) is 15.3. The summed E-state index contributed by atoms with van der Waals surface area (Å²) in [5, 5.41) is 2.83. The fourth-order valence-electron chi connectivity index (χ4n) is 2.07. The summed E-state index contributed by atoms with van der Waals surface area (Å²) in [5.74, 6) is 0.436. The smallest absolute Gasteiger partial charge is 0.248 e. The highest BCUT2D eigenvalue weighted by atomic mass is 79.9. The molecule has 1 unspecified atom stereocenters. The van der Waals surface area contributed by atoms with Gasteiger partial charge in [-0.2, -0.15) is 0 Å². The van der Waals surface area contributed by atoms with Gasteiger partial charge in [0.2, 0.25) is 5.91 Å². The molecule has 0 aliphatic carbocycles. The molecule has 0 bridgehead atoms. The molecule has 2 aromatic rings. The van der Waals surface area contributed by atoms with E-state index >= 15 is 0 Å². The van der Waals surface area contributed by atoms with Gasteiger partial charge in [0.25, 0.3) is 0 Å². The number of nitrogens with two attached hydrogens (primary N) is 1. The molecular formula is C18H21BrN2O3. The summed E-state index contributed by atoms with van der Waals surface area (Å²) in [5.41, 5.74) is 6.49. The Morgan fingerprint density at radius 3 is 2.33 bits per heavy atom. The monoisotopic (exact) mass is 392 g/mol. The van der Waals surface area contributed by atoms with Crippen molar-refractivity contribution < 1.29 is 14.3 Å². The van der Waals surface area contributed by atoms with Crippen molar-refractivity contribution >= 4 is 27.5 Å². The van der Waals surface area contributed by atoms with Crippen LogP contribution in [0.1, 0.15) is 12.5 Å². The summed E-state index contributed by atoms with van der Waals surface area (Å²) in [7, 11) is 1.62. The SMILES string of the molecule is COCCOc1ccc(NC(=O)C(C)(N)c2ccc(Br)cc2)cc1. The first-order valence-electron chi connectivity index (χ1n) is 7.51. The first-order chi connectivity index (χ1) is 11.4. The number of hydrogen-bond acceptors (Lipinski definition) is 4. The quantitative estimate of drug-likeness (QED) is 0.709. The molecule has 3 N–H and O–H groups in total. The lowest BCUT2D eigenvalue weighted by Gasteiger charge is -2.24. The number of carbonyl (C=O) groups excluding carboxylic acids is 1. The lowest BCUT2D eigenvalue weighted by atomic mass is 9.92.